The van der Waals surface area contributed by atoms with Crippen LogP contribution in [-0.2, 0) is 24.4 Å². The number of aromatic nitrogens is 2. The molecule has 0 saturated heterocycles. The molecule has 3 aromatic rings. The molecular formula is C21H20F3N3O2. The zero-order valence-electron chi connectivity index (χ0n) is 15.9. The number of methoxy groups -OCH3 is 1. The van der Waals surface area contributed by atoms with E-state index in [1.165, 1.54) is 12.1 Å². The molecule has 0 aliphatic rings. The summed E-state index contributed by atoms with van der Waals surface area (Å²) in [6.07, 6.45) is -1.28. The summed E-state index contributed by atoms with van der Waals surface area (Å²) >= 11 is 0. The second-order valence-electron chi connectivity index (χ2n) is 6.55. The maximum Gasteiger partial charge on any atom is 0.416 e. The number of nitrogens with one attached hydrogen (secondary N) is 1. The third-order valence-corrected chi connectivity index (χ3v) is 4.47. The lowest BCUT2D eigenvalue weighted by atomic mass is 10.0. The number of nitrogens with zero attached hydrogens (tertiary/aromatic N) is 2. The zero-order valence-corrected chi connectivity index (χ0v) is 15.9. The predicted molar refractivity (Wildman–Crippen MR) is 101 cm³/mol. The van der Waals surface area contributed by atoms with Crippen LogP contribution in [0.3, 0.4) is 0 Å². The molecule has 0 saturated carbocycles. The highest BCUT2D eigenvalue weighted by atomic mass is 19.4. The minimum absolute atomic E-state index is 0.186. The molecule has 1 amide bonds. The van der Waals surface area contributed by atoms with Gasteiger partial charge in [-0.15, -0.1) is 0 Å². The van der Waals surface area contributed by atoms with Crippen molar-refractivity contribution >= 4 is 5.91 Å². The number of ether oxygens (including phenoxy) is 1. The maximum atomic E-state index is 12.9. The van der Waals surface area contributed by atoms with Gasteiger partial charge in [0.05, 0.1) is 19.1 Å². The summed E-state index contributed by atoms with van der Waals surface area (Å²) < 4.78 is 45.8. The van der Waals surface area contributed by atoms with E-state index >= 15 is 0 Å². The normalized spacial score (nSPS) is 12.4. The summed E-state index contributed by atoms with van der Waals surface area (Å²) in [5, 5.41) is 2.88. The lowest BCUT2D eigenvalue weighted by molar-refractivity contribution is -0.137. The smallest absolute Gasteiger partial charge is 0.416 e. The summed E-state index contributed by atoms with van der Waals surface area (Å²) in [5.74, 6) is 0.796. The fourth-order valence-corrected chi connectivity index (χ4v) is 3.03. The number of benzene rings is 2. The molecule has 8 heteroatoms. The van der Waals surface area contributed by atoms with E-state index in [1.807, 2.05) is 6.07 Å². The summed E-state index contributed by atoms with van der Waals surface area (Å²) in [5.41, 5.74) is 0.244. The third kappa shape index (κ3) is 4.96. The van der Waals surface area contributed by atoms with E-state index in [1.54, 1.807) is 49.3 Å². The molecule has 5 nitrogen and oxygen atoms in total. The number of halogens is 3. The van der Waals surface area contributed by atoms with Crippen LogP contribution in [0.1, 0.15) is 28.6 Å². The molecule has 2 aromatic carbocycles. The van der Waals surface area contributed by atoms with E-state index in [-0.39, 0.29) is 12.0 Å². The molecule has 152 valence electrons. The molecule has 1 aromatic heterocycles. The summed E-state index contributed by atoms with van der Waals surface area (Å²) in [6.45, 7) is 0. The second-order valence-corrected chi connectivity index (χ2v) is 6.55. The number of amides is 1. The Morgan fingerprint density at radius 1 is 1.21 bits per heavy atom. The summed E-state index contributed by atoms with van der Waals surface area (Å²) in [6, 6.07) is 11.4. The molecule has 1 heterocycles. The van der Waals surface area contributed by atoms with E-state index in [9.17, 15) is 18.0 Å². The highest BCUT2D eigenvalue weighted by Gasteiger charge is 2.30. The Labute approximate surface area is 166 Å². The molecular weight excluding hydrogens is 383 g/mol. The van der Waals surface area contributed by atoms with Crippen molar-refractivity contribution in [1.29, 1.82) is 0 Å². The van der Waals surface area contributed by atoms with Gasteiger partial charge in [0.25, 0.3) is 0 Å². The van der Waals surface area contributed by atoms with Gasteiger partial charge >= 0.3 is 6.18 Å². The van der Waals surface area contributed by atoms with Gasteiger partial charge in [-0.3, -0.25) is 4.79 Å². The summed E-state index contributed by atoms with van der Waals surface area (Å²) in [7, 11) is 3.34. The number of rotatable bonds is 6. The number of carbonyl (C=O) groups is 1. The van der Waals surface area contributed by atoms with Gasteiger partial charge < -0.3 is 14.6 Å². The number of hydrogen-bond acceptors (Lipinski definition) is 3. The van der Waals surface area contributed by atoms with Crippen molar-refractivity contribution in [1.82, 2.24) is 14.9 Å². The SMILES string of the molecule is COc1cccc(C(NC(=O)Cc2cccc(C(F)(F)F)c2)c2nccn2C)c1. The minimum atomic E-state index is -4.46. The lowest BCUT2D eigenvalue weighted by Crippen LogP contribution is -2.32. The van der Waals surface area contributed by atoms with Crippen LogP contribution >= 0.6 is 0 Å². The van der Waals surface area contributed by atoms with Crippen LogP contribution < -0.4 is 10.1 Å². The molecule has 0 spiro atoms. The van der Waals surface area contributed by atoms with Crippen molar-refractivity contribution in [2.24, 2.45) is 7.05 Å². The number of carbonyl (C=O) groups excluding carboxylic acids is 1. The molecule has 1 N–H and O–H groups in total. The molecule has 0 fully saturated rings. The van der Waals surface area contributed by atoms with Gasteiger partial charge in [0, 0.05) is 19.4 Å². The average molecular weight is 403 g/mol. The van der Waals surface area contributed by atoms with Crippen molar-refractivity contribution in [2.75, 3.05) is 7.11 Å². The molecule has 29 heavy (non-hydrogen) atoms. The fourth-order valence-electron chi connectivity index (χ4n) is 3.03. The highest BCUT2D eigenvalue weighted by molar-refractivity contribution is 5.79. The van der Waals surface area contributed by atoms with Gasteiger partial charge in [0.15, 0.2) is 0 Å². The van der Waals surface area contributed by atoms with E-state index in [0.717, 1.165) is 17.7 Å². The van der Waals surface area contributed by atoms with Crippen LogP contribution in [0.25, 0.3) is 0 Å². The molecule has 1 unspecified atom stereocenters. The Balaban J connectivity index is 1.85. The highest BCUT2D eigenvalue weighted by Crippen LogP contribution is 2.30. The van der Waals surface area contributed by atoms with Gasteiger partial charge in [-0.25, -0.2) is 4.98 Å². The number of aryl methyl sites for hydroxylation is 1. The second kappa shape index (κ2) is 8.38. The Morgan fingerprint density at radius 3 is 2.62 bits per heavy atom. The van der Waals surface area contributed by atoms with Crippen molar-refractivity contribution in [2.45, 2.75) is 18.6 Å². The van der Waals surface area contributed by atoms with Gasteiger partial charge in [0.2, 0.25) is 5.91 Å². The Kier molecular flexibility index (Phi) is 5.91. The van der Waals surface area contributed by atoms with Crippen molar-refractivity contribution < 1.29 is 22.7 Å². The first-order chi connectivity index (χ1) is 13.8. The first-order valence-corrected chi connectivity index (χ1v) is 8.84. The monoisotopic (exact) mass is 403 g/mol. The predicted octanol–water partition coefficient (Wildman–Crippen LogP) is 3.90. The van der Waals surface area contributed by atoms with Crippen molar-refractivity contribution in [3.05, 3.63) is 83.4 Å². The van der Waals surface area contributed by atoms with Gasteiger partial charge in [-0.2, -0.15) is 13.2 Å². The van der Waals surface area contributed by atoms with Gasteiger partial charge in [-0.05, 0) is 29.3 Å². The number of imidazole rings is 1. The Hall–Kier alpha value is -3.29. The van der Waals surface area contributed by atoms with Crippen LogP contribution in [0.4, 0.5) is 13.2 Å². The molecule has 0 bridgehead atoms. The average Bonchev–Trinajstić information content (AvgIpc) is 3.11. The molecule has 0 radical (unpaired) electrons. The Bertz CT molecular complexity index is 999. The molecule has 1 atom stereocenters. The quantitative estimate of drug-likeness (QED) is 0.679. The lowest BCUT2D eigenvalue weighted by Gasteiger charge is -2.20. The Morgan fingerprint density at radius 2 is 1.97 bits per heavy atom. The number of alkyl halides is 3. The van der Waals surface area contributed by atoms with E-state index < -0.39 is 23.7 Å². The largest absolute Gasteiger partial charge is 0.497 e. The topological polar surface area (TPSA) is 56.1 Å². The zero-order chi connectivity index (χ0) is 21.0. The van der Waals surface area contributed by atoms with Crippen LogP contribution in [-0.4, -0.2) is 22.6 Å². The maximum absolute atomic E-state index is 12.9. The van der Waals surface area contributed by atoms with E-state index in [4.69, 9.17) is 4.74 Å². The molecule has 3 rings (SSSR count). The first-order valence-electron chi connectivity index (χ1n) is 8.84. The first kappa shape index (κ1) is 20.4. The van der Waals surface area contributed by atoms with Gasteiger partial charge in [0.1, 0.15) is 17.6 Å². The standard InChI is InChI=1S/C21H20F3N3O2/c1-27-10-9-25-20(27)19(15-6-4-8-17(13-15)29-2)26-18(28)12-14-5-3-7-16(11-14)21(22,23)24/h3-11,13,19H,12H2,1-2H3,(H,26,28). The van der Waals surface area contributed by atoms with Gasteiger partial charge in [-0.1, -0.05) is 30.3 Å². The van der Waals surface area contributed by atoms with Crippen molar-refractivity contribution in [3.8, 4) is 5.75 Å². The van der Waals surface area contributed by atoms with E-state index in [0.29, 0.717) is 11.6 Å². The molecule has 0 aliphatic heterocycles. The van der Waals surface area contributed by atoms with Crippen LogP contribution in [0.5, 0.6) is 5.75 Å². The minimum Gasteiger partial charge on any atom is -0.497 e. The van der Waals surface area contributed by atoms with Crippen LogP contribution in [0.15, 0.2) is 60.9 Å². The van der Waals surface area contributed by atoms with Crippen LogP contribution in [0, 0.1) is 0 Å². The van der Waals surface area contributed by atoms with Crippen LogP contribution in [0.2, 0.25) is 0 Å². The van der Waals surface area contributed by atoms with Crippen molar-refractivity contribution in [3.63, 3.8) is 0 Å². The number of hydrogen-bond donors (Lipinski definition) is 1. The molecule has 0 aliphatic carbocycles. The summed E-state index contributed by atoms with van der Waals surface area (Å²) in [4.78, 5) is 17.0. The third-order valence-electron chi connectivity index (χ3n) is 4.47. The van der Waals surface area contributed by atoms with E-state index in [2.05, 4.69) is 10.3 Å². The fraction of sp³-hybridized carbons (Fsp3) is 0.238.